The lowest BCUT2D eigenvalue weighted by molar-refractivity contribution is 0.0601. The average Bonchev–Trinajstić information content (AvgIpc) is 3.00. The maximum Gasteiger partial charge on any atom is 0.341 e. The third-order valence-electron chi connectivity index (χ3n) is 4.11. The summed E-state index contributed by atoms with van der Waals surface area (Å²) in [6, 6.07) is 3.10. The van der Waals surface area contributed by atoms with Crippen molar-refractivity contribution in [3.63, 3.8) is 0 Å². The Morgan fingerprint density at radius 1 is 1.04 bits per heavy atom. The number of nitrogens with one attached hydrogen (secondary N) is 1. The second-order valence-corrected chi connectivity index (χ2v) is 6.78. The molecule has 146 valence electrons. The number of hydrogen-bond acceptors (Lipinski definition) is 7. The van der Waals surface area contributed by atoms with Gasteiger partial charge in [0.05, 0.1) is 34.0 Å². The predicted molar refractivity (Wildman–Crippen MR) is 104 cm³/mol. The predicted octanol–water partition coefficient (Wildman–Crippen LogP) is 3.68. The number of amides is 1. The Kier molecular flexibility index (Phi) is 6.68. The lowest BCUT2D eigenvalue weighted by Gasteiger charge is -2.14. The standard InChI is InChI=1S/C19H23NO6S/c1-7-12-10(2)27-18(15(12)19(22)26-6)20-17(21)11-8-13(23-3)16(25-5)14(9-11)24-4/h8-9H,7H2,1-6H3,(H,20,21). The second kappa shape index (κ2) is 8.77. The summed E-state index contributed by atoms with van der Waals surface area (Å²) in [5.74, 6) is 0.255. The highest BCUT2D eigenvalue weighted by atomic mass is 32.1. The van der Waals surface area contributed by atoms with Crippen LogP contribution in [0.5, 0.6) is 17.2 Å². The van der Waals surface area contributed by atoms with Crippen LogP contribution in [-0.4, -0.2) is 40.3 Å². The number of hydrogen-bond donors (Lipinski definition) is 1. The van der Waals surface area contributed by atoms with Crippen LogP contribution in [0.15, 0.2) is 12.1 Å². The highest BCUT2D eigenvalue weighted by Crippen LogP contribution is 2.39. The van der Waals surface area contributed by atoms with E-state index in [-0.39, 0.29) is 0 Å². The van der Waals surface area contributed by atoms with E-state index < -0.39 is 11.9 Å². The zero-order chi connectivity index (χ0) is 20.1. The van der Waals surface area contributed by atoms with Crippen molar-refractivity contribution in [1.29, 1.82) is 0 Å². The van der Waals surface area contributed by atoms with Crippen LogP contribution >= 0.6 is 11.3 Å². The van der Waals surface area contributed by atoms with Crippen LogP contribution in [0.1, 0.15) is 38.1 Å². The molecule has 0 saturated carbocycles. The number of methoxy groups -OCH3 is 4. The van der Waals surface area contributed by atoms with Crippen molar-refractivity contribution in [3.8, 4) is 17.2 Å². The summed E-state index contributed by atoms with van der Waals surface area (Å²) in [7, 11) is 5.76. The number of thiophene rings is 1. The number of esters is 1. The van der Waals surface area contributed by atoms with Crippen molar-refractivity contribution in [2.45, 2.75) is 20.3 Å². The van der Waals surface area contributed by atoms with E-state index >= 15 is 0 Å². The van der Waals surface area contributed by atoms with Crippen molar-refractivity contribution < 1.29 is 28.5 Å². The fourth-order valence-electron chi connectivity index (χ4n) is 2.80. The molecule has 0 saturated heterocycles. The van der Waals surface area contributed by atoms with E-state index in [4.69, 9.17) is 18.9 Å². The maximum absolute atomic E-state index is 12.8. The average molecular weight is 393 g/mol. The first-order valence-corrected chi connectivity index (χ1v) is 9.05. The van der Waals surface area contributed by atoms with Gasteiger partial charge in [-0.2, -0.15) is 0 Å². The maximum atomic E-state index is 12.8. The van der Waals surface area contributed by atoms with Gasteiger partial charge in [0, 0.05) is 10.4 Å². The number of aryl methyl sites for hydroxylation is 1. The van der Waals surface area contributed by atoms with Gasteiger partial charge in [-0.3, -0.25) is 4.79 Å². The molecule has 1 heterocycles. The zero-order valence-corrected chi connectivity index (χ0v) is 17.0. The minimum absolute atomic E-state index is 0.310. The van der Waals surface area contributed by atoms with Gasteiger partial charge in [0.2, 0.25) is 5.75 Å². The van der Waals surface area contributed by atoms with E-state index in [9.17, 15) is 9.59 Å². The summed E-state index contributed by atoms with van der Waals surface area (Å²) in [4.78, 5) is 26.0. The molecule has 0 aliphatic rings. The quantitative estimate of drug-likeness (QED) is 0.723. The van der Waals surface area contributed by atoms with Gasteiger partial charge in [-0.05, 0) is 31.0 Å². The number of anilines is 1. The summed E-state index contributed by atoms with van der Waals surface area (Å²) in [5.41, 5.74) is 1.57. The molecule has 27 heavy (non-hydrogen) atoms. The Morgan fingerprint density at radius 3 is 2.07 bits per heavy atom. The number of rotatable bonds is 7. The molecule has 0 unspecified atom stereocenters. The van der Waals surface area contributed by atoms with Crippen molar-refractivity contribution >= 4 is 28.2 Å². The molecule has 0 aliphatic carbocycles. The van der Waals surface area contributed by atoms with Gasteiger partial charge in [0.15, 0.2) is 11.5 Å². The van der Waals surface area contributed by atoms with Crippen molar-refractivity contribution in [3.05, 3.63) is 33.7 Å². The summed E-state index contributed by atoms with van der Waals surface area (Å²) in [5, 5.41) is 3.26. The molecule has 0 atom stereocenters. The molecule has 1 amide bonds. The highest BCUT2D eigenvalue weighted by molar-refractivity contribution is 7.16. The SMILES string of the molecule is CCc1c(C)sc(NC(=O)c2cc(OC)c(OC)c(OC)c2)c1C(=O)OC. The van der Waals surface area contributed by atoms with Crippen LogP contribution in [0, 0.1) is 6.92 Å². The van der Waals surface area contributed by atoms with Crippen molar-refractivity contribution in [1.82, 2.24) is 0 Å². The lowest BCUT2D eigenvalue weighted by Crippen LogP contribution is -2.15. The Hall–Kier alpha value is -2.74. The normalized spacial score (nSPS) is 10.3. The van der Waals surface area contributed by atoms with Gasteiger partial charge in [-0.25, -0.2) is 4.79 Å². The Bertz CT molecular complexity index is 833. The largest absolute Gasteiger partial charge is 0.493 e. The first kappa shape index (κ1) is 20.6. The van der Waals surface area contributed by atoms with E-state index in [2.05, 4.69) is 5.32 Å². The van der Waals surface area contributed by atoms with Crippen LogP contribution in [0.25, 0.3) is 0 Å². The summed E-state index contributed by atoms with van der Waals surface area (Å²) in [6.45, 7) is 3.86. The Balaban J connectivity index is 2.45. The summed E-state index contributed by atoms with van der Waals surface area (Å²) < 4.78 is 20.7. The zero-order valence-electron chi connectivity index (χ0n) is 16.2. The smallest absolute Gasteiger partial charge is 0.341 e. The van der Waals surface area contributed by atoms with E-state index in [1.807, 2.05) is 13.8 Å². The van der Waals surface area contributed by atoms with Crippen LogP contribution in [0.2, 0.25) is 0 Å². The van der Waals surface area contributed by atoms with Gasteiger partial charge in [-0.15, -0.1) is 11.3 Å². The Morgan fingerprint density at radius 2 is 1.63 bits per heavy atom. The number of benzene rings is 1. The fraction of sp³-hybridized carbons (Fsp3) is 0.368. The van der Waals surface area contributed by atoms with Crippen LogP contribution in [0.3, 0.4) is 0 Å². The van der Waals surface area contributed by atoms with E-state index in [0.717, 1.165) is 10.4 Å². The van der Waals surface area contributed by atoms with Gasteiger partial charge < -0.3 is 24.3 Å². The van der Waals surface area contributed by atoms with Gasteiger partial charge in [0.25, 0.3) is 5.91 Å². The van der Waals surface area contributed by atoms with Crippen molar-refractivity contribution in [2.24, 2.45) is 0 Å². The number of carbonyl (C=O) groups is 2. The highest BCUT2D eigenvalue weighted by Gasteiger charge is 2.24. The summed E-state index contributed by atoms with van der Waals surface area (Å²) >= 11 is 1.34. The fourth-order valence-corrected chi connectivity index (χ4v) is 3.93. The molecule has 2 aromatic rings. The summed E-state index contributed by atoms with van der Waals surface area (Å²) in [6.07, 6.45) is 0.660. The molecule has 2 rings (SSSR count). The molecule has 7 nitrogen and oxygen atoms in total. The first-order chi connectivity index (χ1) is 12.9. The minimum Gasteiger partial charge on any atom is -0.493 e. The molecule has 1 N–H and O–H groups in total. The second-order valence-electron chi connectivity index (χ2n) is 5.55. The Labute approximate surface area is 162 Å². The molecule has 8 heteroatoms. The van der Waals surface area contributed by atoms with E-state index in [0.29, 0.717) is 39.8 Å². The third-order valence-corrected chi connectivity index (χ3v) is 5.17. The monoisotopic (exact) mass is 393 g/mol. The topological polar surface area (TPSA) is 83.1 Å². The van der Waals surface area contributed by atoms with Crippen LogP contribution < -0.4 is 19.5 Å². The van der Waals surface area contributed by atoms with Crippen LogP contribution in [0.4, 0.5) is 5.00 Å². The van der Waals surface area contributed by atoms with Gasteiger partial charge in [-0.1, -0.05) is 6.92 Å². The molecule has 0 bridgehead atoms. The van der Waals surface area contributed by atoms with Crippen molar-refractivity contribution in [2.75, 3.05) is 33.8 Å². The molecule has 0 radical (unpaired) electrons. The molecule has 0 fully saturated rings. The number of carbonyl (C=O) groups excluding carboxylic acids is 2. The van der Waals surface area contributed by atoms with Gasteiger partial charge >= 0.3 is 5.97 Å². The van der Waals surface area contributed by atoms with E-state index in [1.165, 1.54) is 39.8 Å². The van der Waals surface area contributed by atoms with Gasteiger partial charge in [0.1, 0.15) is 5.00 Å². The molecular weight excluding hydrogens is 370 g/mol. The first-order valence-electron chi connectivity index (χ1n) is 8.23. The molecule has 1 aromatic heterocycles. The molecule has 0 spiro atoms. The minimum atomic E-state index is -0.476. The molecule has 0 aliphatic heterocycles. The third kappa shape index (κ3) is 4.00. The van der Waals surface area contributed by atoms with E-state index in [1.54, 1.807) is 12.1 Å². The molecule has 1 aromatic carbocycles. The lowest BCUT2D eigenvalue weighted by atomic mass is 10.1. The molecular formula is C19H23NO6S. The van der Waals surface area contributed by atoms with Crippen LogP contribution in [-0.2, 0) is 11.2 Å². The number of ether oxygens (including phenoxy) is 4.